The number of rotatable bonds is 4. The van der Waals surface area contributed by atoms with Crippen LogP contribution in [0.2, 0.25) is 5.02 Å². The average Bonchev–Trinajstić information content (AvgIpc) is 2.49. The molecule has 0 fully saturated rings. The Morgan fingerprint density at radius 2 is 1.73 bits per heavy atom. The van der Waals surface area contributed by atoms with Crippen LogP contribution in [0, 0.1) is 5.92 Å². The van der Waals surface area contributed by atoms with E-state index in [9.17, 15) is 9.59 Å². The molecule has 0 unspecified atom stereocenters. The molecule has 1 aromatic carbocycles. The molecule has 0 saturated carbocycles. The summed E-state index contributed by atoms with van der Waals surface area (Å²) in [7, 11) is 0. The number of carbonyl (C=O) groups excluding carboxylic acids is 2. The number of halogens is 1. The van der Waals surface area contributed by atoms with Crippen LogP contribution in [0.1, 0.15) is 24.2 Å². The Kier molecular flexibility index (Phi) is 5.12. The van der Waals surface area contributed by atoms with Crippen LogP contribution in [0.3, 0.4) is 0 Å². The zero-order valence-corrected chi connectivity index (χ0v) is 13.0. The Balaban J connectivity index is 2.00. The minimum absolute atomic E-state index is 0.0836. The molecule has 6 heteroatoms. The number of pyridine rings is 1. The van der Waals surface area contributed by atoms with Crippen LogP contribution in [-0.4, -0.2) is 16.8 Å². The van der Waals surface area contributed by atoms with Gasteiger partial charge in [0.05, 0.1) is 11.9 Å². The van der Waals surface area contributed by atoms with E-state index >= 15 is 0 Å². The molecule has 0 bridgehead atoms. The summed E-state index contributed by atoms with van der Waals surface area (Å²) >= 11 is 5.78. The normalized spacial score (nSPS) is 10.4. The summed E-state index contributed by atoms with van der Waals surface area (Å²) in [5.41, 5.74) is 1.08. The van der Waals surface area contributed by atoms with Crippen LogP contribution in [0.5, 0.6) is 0 Å². The lowest BCUT2D eigenvalue weighted by Gasteiger charge is -2.08. The first-order chi connectivity index (χ1) is 10.5. The maximum atomic E-state index is 12.0. The van der Waals surface area contributed by atoms with Crippen LogP contribution in [0.25, 0.3) is 0 Å². The predicted molar refractivity (Wildman–Crippen MR) is 87.1 cm³/mol. The fourth-order valence-corrected chi connectivity index (χ4v) is 1.74. The Labute approximate surface area is 133 Å². The van der Waals surface area contributed by atoms with E-state index < -0.39 is 0 Å². The zero-order valence-electron chi connectivity index (χ0n) is 12.3. The Morgan fingerprint density at radius 1 is 1.05 bits per heavy atom. The van der Waals surface area contributed by atoms with Gasteiger partial charge in [-0.3, -0.25) is 9.59 Å². The van der Waals surface area contributed by atoms with Crippen molar-refractivity contribution in [1.29, 1.82) is 0 Å². The van der Waals surface area contributed by atoms with Crippen molar-refractivity contribution in [2.45, 2.75) is 13.8 Å². The van der Waals surface area contributed by atoms with Gasteiger partial charge in [0, 0.05) is 16.5 Å². The number of nitrogens with zero attached hydrogens (tertiary/aromatic N) is 1. The molecule has 2 amide bonds. The van der Waals surface area contributed by atoms with Crippen LogP contribution < -0.4 is 10.6 Å². The lowest BCUT2D eigenvalue weighted by Crippen LogP contribution is -2.18. The molecule has 22 heavy (non-hydrogen) atoms. The van der Waals surface area contributed by atoms with Gasteiger partial charge in [-0.15, -0.1) is 0 Å². The number of benzene rings is 1. The molecule has 0 atom stereocenters. The first-order valence-corrected chi connectivity index (χ1v) is 7.17. The summed E-state index contributed by atoms with van der Waals surface area (Å²) in [5, 5.41) is 5.98. The molecule has 114 valence electrons. The standard InChI is InChI=1S/C16H16ClN3O2/c1-10(2)15(21)19-13-7-8-14(18-9-13)20-16(22)11-3-5-12(17)6-4-11/h3-10H,1-2H3,(H,19,21)(H,18,20,22). The number of amides is 2. The highest BCUT2D eigenvalue weighted by molar-refractivity contribution is 6.30. The van der Waals surface area contributed by atoms with Crippen molar-refractivity contribution in [2.24, 2.45) is 5.92 Å². The quantitative estimate of drug-likeness (QED) is 0.905. The summed E-state index contributed by atoms with van der Waals surface area (Å²) in [6.07, 6.45) is 1.50. The highest BCUT2D eigenvalue weighted by Crippen LogP contribution is 2.14. The van der Waals surface area contributed by atoms with Gasteiger partial charge in [0.2, 0.25) is 5.91 Å². The third kappa shape index (κ3) is 4.30. The highest BCUT2D eigenvalue weighted by atomic mass is 35.5. The summed E-state index contributed by atoms with van der Waals surface area (Å²) in [4.78, 5) is 27.7. The van der Waals surface area contributed by atoms with E-state index in [1.807, 2.05) is 13.8 Å². The number of aromatic nitrogens is 1. The van der Waals surface area contributed by atoms with Crippen LogP contribution >= 0.6 is 11.6 Å². The fourth-order valence-electron chi connectivity index (χ4n) is 1.62. The van der Waals surface area contributed by atoms with Gasteiger partial charge in [-0.1, -0.05) is 25.4 Å². The van der Waals surface area contributed by atoms with Gasteiger partial charge in [-0.05, 0) is 36.4 Å². The summed E-state index contributed by atoms with van der Waals surface area (Å²) < 4.78 is 0. The second-order valence-electron chi connectivity index (χ2n) is 5.04. The molecular weight excluding hydrogens is 302 g/mol. The fraction of sp³-hybridized carbons (Fsp3) is 0.188. The Bertz CT molecular complexity index is 667. The third-order valence-corrected chi connectivity index (χ3v) is 3.16. The Hall–Kier alpha value is -2.40. The molecule has 0 radical (unpaired) electrons. The molecule has 0 spiro atoms. The molecule has 2 rings (SSSR count). The second-order valence-corrected chi connectivity index (χ2v) is 5.47. The van der Waals surface area contributed by atoms with Gasteiger partial charge in [-0.2, -0.15) is 0 Å². The van der Waals surface area contributed by atoms with Gasteiger partial charge in [0.1, 0.15) is 5.82 Å². The summed E-state index contributed by atoms with van der Waals surface area (Å²) in [6, 6.07) is 9.88. The van der Waals surface area contributed by atoms with Crippen LogP contribution in [-0.2, 0) is 4.79 Å². The first kappa shape index (κ1) is 16.0. The second kappa shape index (κ2) is 7.04. The molecule has 2 N–H and O–H groups in total. The molecule has 0 aliphatic rings. The maximum Gasteiger partial charge on any atom is 0.256 e. The number of hydrogen-bond donors (Lipinski definition) is 2. The van der Waals surface area contributed by atoms with Crippen molar-refractivity contribution in [3.8, 4) is 0 Å². The van der Waals surface area contributed by atoms with Crippen molar-refractivity contribution < 1.29 is 9.59 Å². The number of anilines is 2. The smallest absolute Gasteiger partial charge is 0.256 e. The molecule has 5 nitrogen and oxygen atoms in total. The number of nitrogens with one attached hydrogen (secondary N) is 2. The third-order valence-electron chi connectivity index (χ3n) is 2.90. The molecule has 0 aliphatic heterocycles. The lowest BCUT2D eigenvalue weighted by molar-refractivity contribution is -0.118. The average molecular weight is 318 g/mol. The topological polar surface area (TPSA) is 71.1 Å². The number of hydrogen-bond acceptors (Lipinski definition) is 3. The van der Waals surface area contributed by atoms with Crippen molar-refractivity contribution in [3.05, 3.63) is 53.2 Å². The monoisotopic (exact) mass is 317 g/mol. The van der Waals surface area contributed by atoms with Crippen molar-refractivity contribution in [2.75, 3.05) is 10.6 Å². The number of carbonyl (C=O) groups is 2. The van der Waals surface area contributed by atoms with E-state index in [0.29, 0.717) is 22.1 Å². The van der Waals surface area contributed by atoms with Gasteiger partial charge in [0.15, 0.2) is 0 Å². The minimum Gasteiger partial charge on any atom is -0.325 e. The van der Waals surface area contributed by atoms with E-state index in [2.05, 4.69) is 15.6 Å². The van der Waals surface area contributed by atoms with Gasteiger partial charge in [0.25, 0.3) is 5.91 Å². The van der Waals surface area contributed by atoms with E-state index in [-0.39, 0.29) is 17.7 Å². The van der Waals surface area contributed by atoms with Crippen LogP contribution in [0.15, 0.2) is 42.6 Å². The van der Waals surface area contributed by atoms with E-state index in [4.69, 9.17) is 11.6 Å². The Morgan fingerprint density at radius 3 is 2.27 bits per heavy atom. The van der Waals surface area contributed by atoms with Crippen LogP contribution in [0.4, 0.5) is 11.5 Å². The summed E-state index contributed by atoms with van der Waals surface area (Å²) in [6.45, 7) is 3.62. The molecule has 1 heterocycles. The van der Waals surface area contributed by atoms with E-state index in [0.717, 1.165) is 0 Å². The zero-order chi connectivity index (χ0) is 16.1. The van der Waals surface area contributed by atoms with Gasteiger partial charge >= 0.3 is 0 Å². The van der Waals surface area contributed by atoms with Gasteiger partial charge in [-0.25, -0.2) is 4.98 Å². The highest BCUT2D eigenvalue weighted by Gasteiger charge is 2.09. The minimum atomic E-state index is -0.275. The van der Waals surface area contributed by atoms with Gasteiger partial charge < -0.3 is 10.6 Å². The van der Waals surface area contributed by atoms with E-state index in [1.54, 1.807) is 36.4 Å². The molecule has 2 aromatic rings. The largest absolute Gasteiger partial charge is 0.325 e. The van der Waals surface area contributed by atoms with Crippen molar-refractivity contribution in [3.63, 3.8) is 0 Å². The summed E-state index contributed by atoms with van der Waals surface area (Å²) in [5.74, 6) is -0.0605. The lowest BCUT2D eigenvalue weighted by atomic mass is 10.2. The molecule has 0 aliphatic carbocycles. The SMILES string of the molecule is CC(C)C(=O)Nc1ccc(NC(=O)c2ccc(Cl)cc2)nc1. The van der Waals surface area contributed by atoms with Crippen molar-refractivity contribution >= 4 is 34.9 Å². The van der Waals surface area contributed by atoms with E-state index in [1.165, 1.54) is 6.20 Å². The predicted octanol–water partition coefficient (Wildman–Crippen LogP) is 3.58. The first-order valence-electron chi connectivity index (χ1n) is 6.79. The molecule has 0 saturated heterocycles. The molecule has 1 aromatic heterocycles. The maximum absolute atomic E-state index is 12.0. The van der Waals surface area contributed by atoms with Crippen molar-refractivity contribution in [1.82, 2.24) is 4.98 Å². The molecular formula is C16H16ClN3O2.